The van der Waals surface area contributed by atoms with Gasteiger partial charge in [0.15, 0.2) is 5.70 Å². The predicted molar refractivity (Wildman–Crippen MR) is 94.9 cm³/mol. The van der Waals surface area contributed by atoms with Crippen LogP contribution in [0, 0.1) is 11.8 Å². The highest BCUT2D eigenvalue weighted by molar-refractivity contribution is 6.07. The van der Waals surface area contributed by atoms with Crippen LogP contribution in [0.2, 0.25) is 0 Å². The Morgan fingerprint density at radius 3 is 2.79 bits per heavy atom. The van der Waals surface area contributed by atoms with E-state index in [1.807, 2.05) is 24.3 Å². The second-order valence-electron chi connectivity index (χ2n) is 6.65. The lowest BCUT2D eigenvalue weighted by atomic mass is 9.80. The molecule has 3 rings (SSSR count). The summed E-state index contributed by atoms with van der Waals surface area (Å²) in [5, 5.41) is 0. The van der Waals surface area contributed by atoms with Gasteiger partial charge in [-0.25, -0.2) is 9.79 Å². The van der Waals surface area contributed by atoms with E-state index in [9.17, 15) is 4.79 Å². The van der Waals surface area contributed by atoms with Crippen molar-refractivity contribution in [1.29, 1.82) is 0 Å². The molecule has 0 bridgehead atoms. The molecule has 0 atom stereocenters. The molecule has 1 heterocycles. The lowest BCUT2D eigenvalue weighted by Gasteiger charge is -2.27. The molecule has 1 fully saturated rings. The molecule has 0 saturated heterocycles. The first-order valence-corrected chi connectivity index (χ1v) is 8.86. The highest BCUT2D eigenvalue weighted by Gasteiger charge is 2.32. The topological polar surface area (TPSA) is 47.9 Å². The van der Waals surface area contributed by atoms with Gasteiger partial charge < -0.3 is 9.47 Å². The molecule has 128 valence electrons. The second kappa shape index (κ2) is 7.65. The van der Waals surface area contributed by atoms with Crippen molar-refractivity contribution in [3.05, 3.63) is 35.5 Å². The first-order valence-electron chi connectivity index (χ1n) is 8.86. The maximum absolute atomic E-state index is 12.1. The molecule has 1 saturated carbocycles. The molecule has 0 amide bonds. The van der Waals surface area contributed by atoms with E-state index in [-0.39, 0.29) is 5.97 Å². The highest BCUT2D eigenvalue weighted by Crippen LogP contribution is 2.34. The predicted octanol–water partition coefficient (Wildman–Crippen LogP) is 4.60. The maximum atomic E-state index is 12.1. The Morgan fingerprint density at radius 2 is 2.08 bits per heavy atom. The fourth-order valence-electron chi connectivity index (χ4n) is 3.60. The van der Waals surface area contributed by atoms with Crippen LogP contribution >= 0.6 is 0 Å². The summed E-state index contributed by atoms with van der Waals surface area (Å²) < 4.78 is 10.7. The minimum atomic E-state index is -0.344. The summed E-state index contributed by atoms with van der Waals surface area (Å²) in [4.78, 5) is 16.6. The standard InChI is InChI=1S/C20H25NO3/c1-3-5-14-8-10-16(11-9-14)19-21-18(20(22)24-19)13-15-6-4-7-17(12-15)23-2/h4,6-7,12-14,16H,3,5,8-11H2,1-2H3/b18-13-. The van der Waals surface area contributed by atoms with Crippen LogP contribution in [0.4, 0.5) is 0 Å². The summed E-state index contributed by atoms with van der Waals surface area (Å²) in [5.74, 6) is 2.15. The number of nitrogens with zero attached hydrogens (tertiary/aromatic N) is 1. The van der Waals surface area contributed by atoms with Crippen LogP contribution in [0.5, 0.6) is 5.75 Å². The SMILES string of the molecule is CCCC1CCC(C2=N/C(=C\c3cccc(OC)c3)C(=O)O2)CC1. The van der Waals surface area contributed by atoms with E-state index >= 15 is 0 Å². The van der Waals surface area contributed by atoms with Crippen molar-refractivity contribution in [1.82, 2.24) is 0 Å². The van der Waals surface area contributed by atoms with E-state index in [2.05, 4.69) is 11.9 Å². The van der Waals surface area contributed by atoms with E-state index in [0.717, 1.165) is 30.1 Å². The number of benzene rings is 1. The molecule has 24 heavy (non-hydrogen) atoms. The molecule has 1 aromatic carbocycles. The van der Waals surface area contributed by atoms with E-state index in [1.54, 1.807) is 13.2 Å². The average Bonchev–Trinajstić information content (AvgIpc) is 2.97. The zero-order valence-electron chi connectivity index (χ0n) is 14.5. The third-order valence-corrected chi connectivity index (χ3v) is 4.93. The van der Waals surface area contributed by atoms with Crippen LogP contribution in [0.25, 0.3) is 6.08 Å². The number of methoxy groups -OCH3 is 1. The Bertz CT molecular complexity index is 655. The van der Waals surface area contributed by atoms with Gasteiger partial charge >= 0.3 is 5.97 Å². The Balaban J connectivity index is 1.70. The molecule has 4 heteroatoms. The maximum Gasteiger partial charge on any atom is 0.363 e. The number of carbonyl (C=O) groups excluding carboxylic acids is 1. The molecule has 1 aliphatic heterocycles. The number of carbonyl (C=O) groups is 1. The Labute approximate surface area is 143 Å². The van der Waals surface area contributed by atoms with Crippen LogP contribution in [0.15, 0.2) is 35.0 Å². The Kier molecular flexibility index (Phi) is 5.34. The van der Waals surface area contributed by atoms with E-state index in [1.165, 1.54) is 25.7 Å². The third kappa shape index (κ3) is 3.86. The molecule has 1 aliphatic carbocycles. The zero-order valence-corrected chi connectivity index (χ0v) is 14.5. The smallest absolute Gasteiger partial charge is 0.363 e. The van der Waals surface area contributed by atoms with Crippen molar-refractivity contribution in [3.63, 3.8) is 0 Å². The van der Waals surface area contributed by atoms with Crippen molar-refractivity contribution in [3.8, 4) is 5.75 Å². The average molecular weight is 327 g/mol. The number of aliphatic imine (C=N–C) groups is 1. The van der Waals surface area contributed by atoms with Crippen molar-refractivity contribution in [2.24, 2.45) is 16.8 Å². The summed E-state index contributed by atoms with van der Waals surface area (Å²) >= 11 is 0. The lowest BCUT2D eigenvalue weighted by Crippen LogP contribution is -2.22. The summed E-state index contributed by atoms with van der Waals surface area (Å²) in [7, 11) is 1.63. The molecule has 0 radical (unpaired) electrons. The number of esters is 1. The zero-order chi connectivity index (χ0) is 16.9. The molecule has 2 aliphatic rings. The Morgan fingerprint density at radius 1 is 1.29 bits per heavy atom. The molecule has 0 N–H and O–H groups in total. The van der Waals surface area contributed by atoms with E-state index in [0.29, 0.717) is 17.5 Å². The van der Waals surface area contributed by atoms with Gasteiger partial charge in [-0.3, -0.25) is 0 Å². The molecule has 1 aromatic rings. The number of rotatable bonds is 5. The molecule has 0 spiro atoms. The quantitative estimate of drug-likeness (QED) is 0.586. The second-order valence-corrected chi connectivity index (χ2v) is 6.65. The minimum Gasteiger partial charge on any atom is -0.497 e. The number of hydrogen-bond acceptors (Lipinski definition) is 4. The summed E-state index contributed by atoms with van der Waals surface area (Å²) in [6.45, 7) is 2.24. The first-order chi connectivity index (χ1) is 11.7. The van der Waals surface area contributed by atoms with Gasteiger partial charge in [0.25, 0.3) is 0 Å². The van der Waals surface area contributed by atoms with Crippen LogP contribution in [-0.2, 0) is 9.53 Å². The number of cyclic esters (lactones) is 1. The largest absolute Gasteiger partial charge is 0.497 e. The lowest BCUT2D eigenvalue weighted by molar-refractivity contribution is -0.130. The number of ether oxygens (including phenoxy) is 2. The Hall–Kier alpha value is -2.10. The van der Waals surface area contributed by atoms with Crippen LogP contribution in [0.3, 0.4) is 0 Å². The van der Waals surface area contributed by atoms with Crippen LogP contribution in [-0.4, -0.2) is 19.0 Å². The highest BCUT2D eigenvalue weighted by atomic mass is 16.6. The van der Waals surface area contributed by atoms with Crippen LogP contribution in [0.1, 0.15) is 51.0 Å². The van der Waals surface area contributed by atoms with Gasteiger partial charge in [0.1, 0.15) is 5.75 Å². The summed E-state index contributed by atoms with van der Waals surface area (Å²) in [6, 6.07) is 7.57. The van der Waals surface area contributed by atoms with Gasteiger partial charge in [-0.1, -0.05) is 31.9 Å². The molecule has 4 nitrogen and oxygen atoms in total. The van der Waals surface area contributed by atoms with E-state index < -0.39 is 0 Å². The number of hydrogen-bond donors (Lipinski definition) is 0. The van der Waals surface area contributed by atoms with E-state index in [4.69, 9.17) is 9.47 Å². The molecule has 0 aromatic heterocycles. The molecular formula is C20H25NO3. The molecular weight excluding hydrogens is 302 g/mol. The van der Waals surface area contributed by atoms with Crippen molar-refractivity contribution in [2.75, 3.05) is 7.11 Å². The van der Waals surface area contributed by atoms with Gasteiger partial charge in [-0.05, 0) is 55.4 Å². The van der Waals surface area contributed by atoms with Gasteiger partial charge in [-0.15, -0.1) is 0 Å². The van der Waals surface area contributed by atoms with Crippen molar-refractivity contribution < 1.29 is 14.3 Å². The fourth-order valence-corrected chi connectivity index (χ4v) is 3.60. The van der Waals surface area contributed by atoms with Gasteiger partial charge in [0.05, 0.1) is 7.11 Å². The van der Waals surface area contributed by atoms with Crippen molar-refractivity contribution >= 4 is 17.9 Å². The van der Waals surface area contributed by atoms with Crippen LogP contribution < -0.4 is 4.74 Å². The summed E-state index contributed by atoms with van der Waals surface area (Å²) in [5.41, 5.74) is 1.27. The van der Waals surface area contributed by atoms with Gasteiger partial charge in [0, 0.05) is 5.92 Å². The monoisotopic (exact) mass is 327 g/mol. The van der Waals surface area contributed by atoms with Gasteiger partial charge in [-0.2, -0.15) is 0 Å². The van der Waals surface area contributed by atoms with Crippen molar-refractivity contribution in [2.45, 2.75) is 45.4 Å². The third-order valence-electron chi connectivity index (χ3n) is 4.93. The first kappa shape index (κ1) is 16.7. The molecule has 0 unspecified atom stereocenters. The summed E-state index contributed by atoms with van der Waals surface area (Å²) in [6.07, 6.45) is 8.89. The minimum absolute atomic E-state index is 0.290. The normalized spacial score (nSPS) is 25.5. The van der Waals surface area contributed by atoms with Gasteiger partial charge in [0.2, 0.25) is 5.90 Å². The fraction of sp³-hybridized carbons (Fsp3) is 0.500.